The van der Waals surface area contributed by atoms with Gasteiger partial charge in [0.2, 0.25) is 17.8 Å². The van der Waals surface area contributed by atoms with E-state index in [1.165, 1.54) is 12.1 Å². The highest BCUT2D eigenvalue weighted by Gasteiger charge is 2.30. The summed E-state index contributed by atoms with van der Waals surface area (Å²) in [5.41, 5.74) is 0.168. The Balaban J connectivity index is 1.30. The number of aromatic amines is 1. The number of hydrogen-bond acceptors (Lipinski definition) is 7. The monoisotopic (exact) mass is 467 g/mol. The number of anilines is 3. The van der Waals surface area contributed by atoms with E-state index in [1.54, 1.807) is 30.5 Å². The van der Waals surface area contributed by atoms with Crippen LogP contribution in [0.1, 0.15) is 18.4 Å². The van der Waals surface area contributed by atoms with Crippen molar-refractivity contribution < 1.29 is 17.9 Å². The van der Waals surface area contributed by atoms with Crippen LogP contribution >= 0.6 is 0 Å². The van der Waals surface area contributed by atoms with Crippen LogP contribution in [0.3, 0.4) is 0 Å². The maximum Gasteiger partial charge on any atom is 0.416 e. The smallest absolute Gasteiger partial charge is 0.416 e. The summed E-state index contributed by atoms with van der Waals surface area (Å²) in [7, 11) is 0. The fourth-order valence-corrected chi connectivity index (χ4v) is 3.64. The van der Waals surface area contributed by atoms with Gasteiger partial charge in [0.05, 0.1) is 5.56 Å². The second kappa shape index (κ2) is 9.00. The lowest BCUT2D eigenvalue weighted by molar-refractivity contribution is -0.137. The van der Waals surface area contributed by atoms with E-state index in [1.807, 2.05) is 6.07 Å². The second-order valence-electron chi connectivity index (χ2n) is 7.73. The lowest BCUT2D eigenvalue weighted by Gasteiger charge is -2.15. The van der Waals surface area contributed by atoms with Crippen LogP contribution in [-0.4, -0.2) is 38.2 Å². The molecule has 0 bridgehead atoms. The molecule has 0 amide bonds. The van der Waals surface area contributed by atoms with Gasteiger partial charge < -0.3 is 15.0 Å². The van der Waals surface area contributed by atoms with Crippen molar-refractivity contribution in [1.82, 2.24) is 25.1 Å². The van der Waals surface area contributed by atoms with E-state index in [2.05, 4.69) is 35.4 Å². The molecule has 1 aliphatic rings. The molecule has 1 fully saturated rings. The van der Waals surface area contributed by atoms with Crippen LogP contribution in [0.2, 0.25) is 0 Å². The largest absolute Gasteiger partial charge is 0.439 e. The third-order valence-corrected chi connectivity index (χ3v) is 5.27. The quantitative estimate of drug-likeness (QED) is 0.391. The Bertz CT molecular complexity index is 1290. The van der Waals surface area contributed by atoms with Crippen molar-refractivity contribution in [2.75, 3.05) is 23.3 Å². The van der Waals surface area contributed by atoms with E-state index < -0.39 is 11.7 Å². The molecule has 2 aromatic carbocycles. The molecule has 2 N–H and O–H groups in total. The van der Waals surface area contributed by atoms with Crippen LogP contribution in [0.5, 0.6) is 11.6 Å². The predicted molar refractivity (Wildman–Crippen MR) is 120 cm³/mol. The van der Waals surface area contributed by atoms with E-state index in [4.69, 9.17) is 4.74 Å². The second-order valence-corrected chi connectivity index (χ2v) is 7.73. The van der Waals surface area contributed by atoms with Crippen molar-refractivity contribution in [2.24, 2.45) is 0 Å². The average molecular weight is 467 g/mol. The van der Waals surface area contributed by atoms with Crippen LogP contribution in [0.25, 0.3) is 11.4 Å². The standard InChI is InChI=1S/C23H20F3N7O/c24-23(25,26)16-6-4-7-17(14-16)28-21-30-20(31-32-21)15-5-3-8-18(13-15)34-19-9-10-27-22(29-19)33-11-1-2-12-33/h3-10,13-14H,1-2,11-12H2,(H2,28,30,31,32). The summed E-state index contributed by atoms with van der Waals surface area (Å²) >= 11 is 0. The number of halogens is 3. The molecule has 4 aromatic rings. The van der Waals surface area contributed by atoms with Crippen LogP contribution in [0.15, 0.2) is 60.8 Å². The summed E-state index contributed by atoms with van der Waals surface area (Å²) in [5.74, 6) is 2.20. The van der Waals surface area contributed by atoms with Gasteiger partial charge in [0, 0.05) is 36.6 Å². The number of ether oxygens (including phenoxy) is 1. The summed E-state index contributed by atoms with van der Waals surface area (Å²) < 4.78 is 44.7. The topological polar surface area (TPSA) is 91.8 Å². The molecular weight excluding hydrogens is 447 g/mol. The van der Waals surface area contributed by atoms with Gasteiger partial charge in [-0.05, 0) is 43.2 Å². The minimum absolute atomic E-state index is 0.145. The number of rotatable bonds is 6. The Kier molecular flexibility index (Phi) is 5.74. The van der Waals surface area contributed by atoms with E-state index >= 15 is 0 Å². The van der Waals surface area contributed by atoms with Gasteiger partial charge in [0.15, 0.2) is 5.82 Å². The molecular formula is C23H20F3N7O. The van der Waals surface area contributed by atoms with Gasteiger partial charge in [-0.3, -0.25) is 5.10 Å². The summed E-state index contributed by atoms with van der Waals surface area (Å²) in [6.45, 7) is 1.86. The van der Waals surface area contributed by atoms with Crippen molar-refractivity contribution >= 4 is 17.6 Å². The minimum atomic E-state index is -4.43. The number of hydrogen-bond donors (Lipinski definition) is 2. The van der Waals surface area contributed by atoms with Crippen molar-refractivity contribution in [1.29, 1.82) is 0 Å². The van der Waals surface area contributed by atoms with Crippen molar-refractivity contribution in [3.63, 3.8) is 0 Å². The van der Waals surface area contributed by atoms with Crippen molar-refractivity contribution in [3.8, 4) is 23.0 Å². The zero-order valence-electron chi connectivity index (χ0n) is 17.9. The number of H-pyrrole nitrogens is 1. The Morgan fingerprint density at radius 3 is 2.62 bits per heavy atom. The van der Waals surface area contributed by atoms with Gasteiger partial charge in [0.1, 0.15) is 5.75 Å². The van der Waals surface area contributed by atoms with E-state index in [-0.39, 0.29) is 11.6 Å². The SMILES string of the molecule is FC(F)(F)c1cccc(Nc2n[nH]c(-c3cccc(Oc4ccnc(N5CCCC5)n4)c3)n2)c1. The molecule has 0 saturated carbocycles. The molecule has 3 heterocycles. The van der Waals surface area contributed by atoms with E-state index in [0.717, 1.165) is 38.1 Å². The molecule has 1 aliphatic heterocycles. The molecule has 2 aromatic heterocycles. The fourth-order valence-electron chi connectivity index (χ4n) is 3.64. The van der Waals surface area contributed by atoms with Gasteiger partial charge in [-0.1, -0.05) is 18.2 Å². The molecule has 1 saturated heterocycles. The molecule has 0 spiro atoms. The number of benzene rings is 2. The lowest BCUT2D eigenvalue weighted by Crippen LogP contribution is -2.20. The van der Waals surface area contributed by atoms with Gasteiger partial charge in [-0.25, -0.2) is 4.98 Å². The summed E-state index contributed by atoms with van der Waals surface area (Å²) in [4.78, 5) is 15.3. The van der Waals surface area contributed by atoms with Gasteiger partial charge in [-0.2, -0.15) is 23.1 Å². The first-order valence-corrected chi connectivity index (χ1v) is 10.7. The first kappa shape index (κ1) is 21.7. The molecule has 11 heteroatoms. The van der Waals surface area contributed by atoms with E-state index in [9.17, 15) is 13.2 Å². The molecule has 174 valence electrons. The van der Waals surface area contributed by atoms with Crippen molar-refractivity contribution in [2.45, 2.75) is 19.0 Å². The van der Waals surface area contributed by atoms with Crippen LogP contribution in [-0.2, 0) is 6.18 Å². The predicted octanol–water partition coefficient (Wildman–Crippen LogP) is 5.42. The highest BCUT2D eigenvalue weighted by Crippen LogP contribution is 2.31. The molecule has 0 atom stereocenters. The zero-order valence-corrected chi connectivity index (χ0v) is 17.9. The van der Waals surface area contributed by atoms with Crippen LogP contribution < -0.4 is 15.0 Å². The number of nitrogens with zero attached hydrogens (tertiary/aromatic N) is 5. The van der Waals surface area contributed by atoms with Gasteiger partial charge in [-0.15, -0.1) is 5.10 Å². The highest BCUT2D eigenvalue weighted by molar-refractivity contribution is 5.61. The normalized spacial score (nSPS) is 13.8. The minimum Gasteiger partial charge on any atom is -0.439 e. The summed E-state index contributed by atoms with van der Waals surface area (Å²) in [5, 5.41) is 9.63. The number of aromatic nitrogens is 5. The zero-order chi connectivity index (χ0) is 23.5. The van der Waals surface area contributed by atoms with E-state index in [0.29, 0.717) is 29.0 Å². The number of alkyl halides is 3. The third kappa shape index (κ3) is 4.92. The fraction of sp³-hybridized carbons (Fsp3) is 0.217. The summed E-state index contributed by atoms with van der Waals surface area (Å²) in [6.07, 6.45) is -0.514. The lowest BCUT2D eigenvalue weighted by atomic mass is 10.2. The third-order valence-electron chi connectivity index (χ3n) is 5.27. The first-order chi connectivity index (χ1) is 16.4. The molecule has 34 heavy (non-hydrogen) atoms. The Labute approximate surface area is 192 Å². The van der Waals surface area contributed by atoms with Gasteiger partial charge in [0.25, 0.3) is 0 Å². The first-order valence-electron chi connectivity index (χ1n) is 10.7. The van der Waals surface area contributed by atoms with Crippen molar-refractivity contribution in [3.05, 3.63) is 66.4 Å². The Morgan fingerprint density at radius 1 is 0.971 bits per heavy atom. The Morgan fingerprint density at radius 2 is 1.79 bits per heavy atom. The van der Waals surface area contributed by atoms with Gasteiger partial charge >= 0.3 is 6.18 Å². The molecule has 0 radical (unpaired) electrons. The number of nitrogens with one attached hydrogen (secondary N) is 2. The maximum absolute atomic E-state index is 12.9. The molecule has 0 unspecified atom stereocenters. The van der Waals surface area contributed by atoms with Crippen LogP contribution in [0.4, 0.5) is 30.8 Å². The molecule has 0 aliphatic carbocycles. The molecule has 8 nitrogen and oxygen atoms in total. The Hall–Kier alpha value is -4.15. The summed E-state index contributed by atoms with van der Waals surface area (Å²) in [6, 6.07) is 13.7. The highest BCUT2D eigenvalue weighted by atomic mass is 19.4. The molecule has 5 rings (SSSR count). The maximum atomic E-state index is 12.9. The average Bonchev–Trinajstić information content (AvgIpc) is 3.52. The van der Waals surface area contributed by atoms with Crippen LogP contribution in [0, 0.1) is 0 Å².